The van der Waals surface area contributed by atoms with Crippen molar-refractivity contribution >= 4 is 23.0 Å². The van der Waals surface area contributed by atoms with Crippen molar-refractivity contribution < 1.29 is 4.92 Å². The summed E-state index contributed by atoms with van der Waals surface area (Å²) in [7, 11) is 0. The van der Waals surface area contributed by atoms with Crippen LogP contribution in [-0.4, -0.2) is 4.92 Å². The highest BCUT2D eigenvalue weighted by molar-refractivity contribution is 6.32. The molecule has 0 aliphatic rings. The maximum atomic E-state index is 10.8. The van der Waals surface area contributed by atoms with Crippen LogP contribution in [0.4, 0.5) is 11.4 Å². The van der Waals surface area contributed by atoms with E-state index in [-0.39, 0.29) is 10.7 Å². The topological polar surface area (TPSA) is 55.2 Å². The van der Waals surface area contributed by atoms with E-state index in [0.717, 1.165) is 5.56 Å². The van der Waals surface area contributed by atoms with E-state index in [4.69, 9.17) is 11.6 Å². The number of halogens is 1. The van der Waals surface area contributed by atoms with E-state index >= 15 is 0 Å². The zero-order valence-corrected chi connectivity index (χ0v) is 11.1. The molecule has 2 aromatic carbocycles. The summed E-state index contributed by atoms with van der Waals surface area (Å²) in [6, 6.07) is 12.7. The first kappa shape index (κ1) is 13.4. The molecule has 2 rings (SSSR count). The van der Waals surface area contributed by atoms with Crippen molar-refractivity contribution in [2.45, 2.75) is 13.5 Å². The van der Waals surface area contributed by atoms with Gasteiger partial charge in [0.15, 0.2) is 0 Å². The van der Waals surface area contributed by atoms with Crippen LogP contribution in [0.3, 0.4) is 0 Å². The van der Waals surface area contributed by atoms with E-state index in [1.54, 1.807) is 6.07 Å². The molecule has 19 heavy (non-hydrogen) atoms. The summed E-state index contributed by atoms with van der Waals surface area (Å²) in [5.41, 5.74) is 2.93. The van der Waals surface area contributed by atoms with Crippen molar-refractivity contribution in [2.75, 3.05) is 5.32 Å². The molecule has 0 saturated carbocycles. The Morgan fingerprint density at radius 2 is 2.00 bits per heavy atom. The summed E-state index contributed by atoms with van der Waals surface area (Å²) >= 11 is 5.76. The molecule has 0 fully saturated rings. The molecule has 0 aliphatic heterocycles. The molecule has 0 spiro atoms. The summed E-state index contributed by atoms with van der Waals surface area (Å²) < 4.78 is 0. The molecule has 0 saturated heterocycles. The smallest absolute Gasteiger partial charge is 0.289 e. The Balaban J connectivity index is 2.14. The van der Waals surface area contributed by atoms with Gasteiger partial charge in [0.2, 0.25) is 0 Å². The van der Waals surface area contributed by atoms with E-state index < -0.39 is 4.92 Å². The second-order valence-corrected chi connectivity index (χ2v) is 4.61. The van der Waals surface area contributed by atoms with Crippen molar-refractivity contribution in [2.24, 2.45) is 0 Å². The van der Waals surface area contributed by atoms with Crippen LogP contribution in [0.1, 0.15) is 11.1 Å². The molecule has 2 aromatic rings. The van der Waals surface area contributed by atoms with Gasteiger partial charge in [0.05, 0.1) is 4.92 Å². The molecule has 0 atom stereocenters. The lowest BCUT2D eigenvalue weighted by Gasteiger charge is -2.09. The van der Waals surface area contributed by atoms with Gasteiger partial charge in [-0.1, -0.05) is 35.9 Å². The first-order valence-corrected chi connectivity index (χ1v) is 6.18. The third-order valence-electron chi connectivity index (χ3n) is 2.89. The number of nitro groups is 1. The highest BCUT2D eigenvalue weighted by Gasteiger charge is 2.12. The molecule has 5 heteroatoms. The zero-order chi connectivity index (χ0) is 13.8. The Bertz CT molecular complexity index is 614. The number of anilines is 1. The zero-order valence-electron chi connectivity index (χ0n) is 10.4. The van der Waals surface area contributed by atoms with Crippen LogP contribution in [-0.2, 0) is 6.54 Å². The first-order chi connectivity index (χ1) is 9.08. The molecule has 0 aromatic heterocycles. The van der Waals surface area contributed by atoms with Gasteiger partial charge in [-0.15, -0.1) is 0 Å². The lowest BCUT2D eigenvalue weighted by Crippen LogP contribution is -2.01. The minimum Gasteiger partial charge on any atom is -0.381 e. The van der Waals surface area contributed by atoms with E-state index in [1.807, 2.05) is 31.2 Å². The molecule has 0 radical (unpaired) electrons. The number of hydrogen-bond acceptors (Lipinski definition) is 3. The van der Waals surface area contributed by atoms with Crippen LogP contribution in [0.25, 0.3) is 0 Å². The summed E-state index contributed by atoms with van der Waals surface area (Å²) in [5.74, 6) is 0. The van der Waals surface area contributed by atoms with Crippen molar-refractivity contribution in [3.63, 3.8) is 0 Å². The molecule has 0 aliphatic carbocycles. The molecule has 0 unspecified atom stereocenters. The second kappa shape index (κ2) is 5.71. The maximum absolute atomic E-state index is 10.8. The maximum Gasteiger partial charge on any atom is 0.289 e. The Morgan fingerprint density at radius 1 is 1.26 bits per heavy atom. The third-order valence-corrected chi connectivity index (χ3v) is 3.21. The van der Waals surface area contributed by atoms with E-state index in [2.05, 4.69) is 5.32 Å². The Kier molecular flexibility index (Phi) is 4.02. The van der Waals surface area contributed by atoms with Crippen LogP contribution in [0.15, 0.2) is 42.5 Å². The SMILES string of the molecule is Cc1ccccc1CNc1ccc(Cl)c([N+](=O)[O-])c1. The van der Waals surface area contributed by atoms with E-state index in [9.17, 15) is 10.1 Å². The van der Waals surface area contributed by atoms with Crippen molar-refractivity contribution in [3.05, 3.63) is 68.7 Å². The van der Waals surface area contributed by atoms with E-state index in [0.29, 0.717) is 12.2 Å². The van der Waals surface area contributed by atoms with Gasteiger partial charge in [-0.25, -0.2) is 0 Å². The van der Waals surface area contributed by atoms with Crippen LogP contribution in [0, 0.1) is 17.0 Å². The van der Waals surface area contributed by atoms with Gasteiger partial charge in [0.1, 0.15) is 5.02 Å². The largest absolute Gasteiger partial charge is 0.381 e. The van der Waals surface area contributed by atoms with Gasteiger partial charge in [-0.05, 0) is 30.2 Å². The first-order valence-electron chi connectivity index (χ1n) is 5.80. The van der Waals surface area contributed by atoms with E-state index in [1.165, 1.54) is 17.7 Å². The Hall–Kier alpha value is -2.07. The second-order valence-electron chi connectivity index (χ2n) is 4.20. The quantitative estimate of drug-likeness (QED) is 0.673. The number of benzene rings is 2. The molecule has 0 bridgehead atoms. The van der Waals surface area contributed by atoms with Crippen molar-refractivity contribution in [3.8, 4) is 0 Å². The van der Waals surface area contributed by atoms with Crippen LogP contribution in [0.2, 0.25) is 5.02 Å². The molecule has 1 N–H and O–H groups in total. The monoisotopic (exact) mass is 276 g/mol. The Morgan fingerprint density at radius 3 is 2.68 bits per heavy atom. The lowest BCUT2D eigenvalue weighted by molar-refractivity contribution is -0.384. The number of nitrogens with one attached hydrogen (secondary N) is 1. The average molecular weight is 277 g/mol. The van der Waals surface area contributed by atoms with Crippen LogP contribution in [0.5, 0.6) is 0 Å². The predicted octanol–water partition coefficient (Wildman–Crippen LogP) is 4.17. The number of nitro benzene ring substituents is 1. The molecule has 0 amide bonds. The number of rotatable bonds is 4. The third kappa shape index (κ3) is 3.23. The van der Waals surface area contributed by atoms with Crippen molar-refractivity contribution in [1.29, 1.82) is 0 Å². The fourth-order valence-electron chi connectivity index (χ4n) is 1.77. The fraction of sp³-hybridized carbons (Fsp3) is 0.143. The highest BCUT2D eigenvalue weighted by atomic mass is 35.5. The minimum absolute atomic E-state index is 0.0866. The highest BCUT2D eigenvalue weighted by Crippen LogP contribution is 2.27. The van der Waals surface area contributed by atoms with Crippen LogP contribution >= 0.6 is 11.6 Å². The van der Waals surface area contributed by atoms with Gasteiger partial charge >= 0.3 is 0 Å². The fourth-order valence-corrected chi connectivity index (χ4v) is 1.95. The van der Waals surface area contributed by atoms with Crippen molar-refractivity contribution in [1.82, 2.24) is 0 Å². The number of aryl methyl sites for hydroxylation is 1. The van der Waals surface area contributed by atoms with Gasteiger partial charge in [0, 0.05) is 18.3 Å². The molecular weight excluding hydrogens is 264 g/mol. The molecule has 98 valence electrons. The summed E-state index contributed by atoms with van der Waals surface area (Å²) in [4.78, 5) is 10.3. The van der Waals surface area contributed by atoms with Gasteiger partial charge in [0.25, 0.3) is 5.69 Å². The summed E-state index contributed by atoms with van der Waals surface area (Å²) in [6.07, 6.45) is 0. The summed E-state index contributed by atoms with van der Waals surface area (Å²) in [5, 5.41) is 14.1. The lowest BCUT2D eigenvalue weighted by atomic mass is 10.1. The minimum atomic E-state index is -0.485. The van der Waals surface area contributed by atoms with Gasteiger partial charge in [-0.3, -0.25) is 10.1 Å². The predicted molar refractivity (Wildman–Crippen MR) is 76.6 cm³/mol. The van der Waals surface area contributed by atoms with Gasteiger partial charge in [-0.2, -0.15) is 0 Å². The number of hydrogen-bond donors (Lipinski definition) is 1. The molecule has 4 nitrogen and oxygen atoms in total. The standard InChI is InChI=1S/C14H13ClN2O2/c1-10-4-2-3-5-11(10)9-16-12-6-7-13(15)14(8-12)17(18)19/h2-8,16H,9H2,1H3. The number of nitrogens with zero attached hydrogens (tertiary/aromatic N) is 1. The molecule has 0 heterocycles. The Labute approximate surface area is 116 Å². The van der Waals surface area contributed by atoms with Crippen LogP contribution < -0.4 is 5.32 Å². The summed E-state index contributed by atoms with van der Waals surface area (Å²) in [6.45, 7) is 2.65. The molecular formula is C14H13ClN2O2. The normalized spacial score (nSPS) is 10.2. The van der Waals surface area contributed by atoms with Gasteiger partial charge < -0.3 is 5.32 Å². The average Bonchev–Trinajstić information content (AvgIpc) is 2.39.